The number of carbonyl (C=O) groups excluding carboxylic acids is 1. The van der Waals surface area contributed by atoms with Crippen LogP contribution in [0.4, 0.5) is 0 Å². The van der Waals surface area contributed by atoms with E-state index in [1.54, 1.807) is 23.6 Å². The zero-order chi connectivity index (χ0) is 15.7. The van der Waals surface area contributed by atoms with Gasteiger partial charge in [-0.25, -0.2) is 4.98 Å². The minimum atomic E-state index is -1.15. The van der Waals surface area contributed by atoms with Crippen molar-refractivity contribution in [2.24, 2.45) is 0 Å². The standard InChI is InChI=1S/C15H11N3O3S/c1-21-15(20)11-7-22-14(17-11)13(19)10-6-18(8-16)12-5-3-2-4-9(10)12/h2-7,15,20H,1H3. The molecule has 1 N–H and O–H groups in total. The Morgan fingerprint density at radius 1 is 1.50 bits per heavy atom. The van der Waals surface area contributed by atoms with Crippen LogP contribution in [0.1, 0.15) is 27.3 Å². The molecule has 0 radical (unpaired) electrons. The van der Waals surface area contributed by atoms with Gasteiger partial charge in [0, 0.05) is 24.1 Å². The third-order valence-corrected chi connectivity index (χ3v) is 4.12. The highest BCUT2D eigenvalue weighted by molar-refractivity contribution is 7.12. The van der Waals surface area contributed by atoms with E-state index in [1.807, 2.05) is 12.3 Å². The Balaban J connectivity index is 2.06. The third-order valence-electron chi connectivity index (χ3n) is 3.26. The highest BCUT2D eigenvalue weighted by Gasteiger charge is 2.21. The Kier molecular flexibility index (Phi) is 3.73. The number of aromatic nitrogens is 2. The number of nitriles is 1. The Hall–Kier alpha value is -2.53. The Morgan fingerprint density at radius 3 is 3.00 bits per heavy atom. The molecular formula is C15H11N3O3S. The first kappa shape index (κ1) is 14.4. The molecule has 0 aliphatic heterocycles. The molecule has 0 saturated carbocycles. The lowest BCUT2D eigenvalue weighted by Gasteiger charge is -2.02. The van der Waals surface area contributed by atoms with Gasteiger partial charge in [0.15, 0.2) is 17.5 Å². The number of rotatable bonds is 4. The number of hydrogen-bond donors (Lipinski definition) is 1. The van der Waals surface area contributed by atoms with Crippen LogP contribution in [0.2, 0.25) is 0 Å². The molecule has 3 aromatic rings. The Bertz CT molecular complexity index is 891. The second-order valence-electron chi connectivity index (χ2n) is 4.52. The van der Waals surface area contributed by atoms with Crippen molar-refractivity contribution in [3.05, 3.63) is 52.1 Å². The van der Waals surface area contributed by atoms with Crippen LogP contribution in [0.3, 0.4) is 0 Å². The van der Waals surface area contributed by atoms with E-state index in [0.29, 0.717) is 22.2 Å². The highest BCUT2D eigenvalue weighted by Crippen LogP contribution is 2.25. The predicted molar refractivity (Wildman–Crippen MR) is 80.5 cm³/mol. The average molecular weight is 313 g/mol. The number of ketones is 1. The van der Waals surface area contributed by atoms with Crippen LogP contribution >= 0.6 is 11.3 Å². The van der Waals surface area contributed by atoms with Crippen molar-refractivity contribution in [2.45, 2.75) is 6.29 Å². The molecule has 22 heavy (non-hydrogen) atoms. The largest absolute Gasteiger partial charge is 0.363 e. The molecular weight excluding hydrogens is 302 g/mol. The van der Waals surface area contributed by atoms with Crippen LogP contribution in [-0.4, -0.2) is 27.6 Å². The third kappa shape index (κ3) is 2.29. The first-order chi connectivity index (χ1) is 10.7. The summed E-state index contributed by atoms with van der Waals surface area (Å²) in [5, 5.41) is 21.2. The SMILES string of the molecule is COC(O)c1csc(C(=O)c2cn(C#N)c3ccccc23)n1. The van der Waals surface area contributed by atoms with Gasteiger partial charge in [0.2, 0.25) is 5.78 Å². The topological polar surface area (TPSA) is 88.1 Å². The molecule has 6 nitrogen and oxygen atoms in total. The molecule has 2 heterocycles. The highest BCUT2D eigenvalue weighted by atomic mass is 32.1. The van der Waals surface area contributed by atoms with Gasteiger partial charge in [-0.05, 0) is 6.07 Å². The number of hydrogen-bond acceptors (Lipinski definition) is 6. The van der Waals surface area contributed by atoms with Crippen molar-refractivity contribution < 1.29 is 14.6 Å². The maximum Gasteiger partial charge on any atom is 0.223 e. The minimum Gasteiger partial charge on any atom is -0.363 e. The number of fused-ring (bicyclic) bond motifs is 1. The molecule has 110 valence electrons. The quantitative estimate of drug-likeness (QED) is 0.590. The van der Waals surface area contributed by atoms with Gasteiger partial charge < -0.3 is 9.84 Å². The minimum absolute atomic E-state index is 0.243. The molecule has 0 aliphatic carbocycles. The van der Waals surface area contributed by atoms with Crippen LogP contribution in [0.15, 0.2) is 35.8 Å². The summed E-state index contributed by atoms with van der Waals surface area (Å²) >= 11 is 1.13. The van der Waals surface area contributed by atoms with E-state index in [1.165, 1.54) is 17.9 Å². The molecule has 7 heteroatoms. The number of aliphatic hydroxyl groups is 1. The molecule has 0 amide bonds. The summed E-state index contributed by atoms with van der Waals surface area (Å²) in [6.45, 7) is 0. The molecule has 0 saturated heterocycles. The summed E-state index contributed by atoms with van der Waals surface area (Å²) < 4.78 is 6.12. The van der Waals surface area contributed by atoms with Gasteiger partial charge in [-0.3, -0.25) is 9.36 Å². The second kappa shape index (κ2) is 5.69. The number of ether oxygens (including phenoxy) is 1. The van der Waals surface area contributed by atoms with Gasteiger partial charge in [0.25, 0.3) is 0 Å². The van der Waals surface area contributed by atoms with Crippen molar-refractivity contribution in [1.82, 2.24) is 9.55 Å². The van der Waals surface area contributed by atoms with E-state index < -0.39 is 6.29 Å². The summed E-state index contributed by atoms with van der Waals surface area (Å²) in [6, 6.07) is 7.18. The van der Waals surface area contributed by atoms with Crippen LogP contribution in [0, 0.1) is 11.5 Å². The fourth-order valence-corrected chi connectivity index (χ4v) is 2.96. The molecule has 0 bridgehead atoms. The zero-order valence-corrected chi connectivity index (χ0v) is 12.4. The smallest absolute Gasteiger partial charge is 0.223 e. The van der Waals surface area contributed by atoms with Gasteiger partial charge in [-0.15, -0.1) is 11.3 Å². The van der Waals surface area contributed by atoms with Gasteiger partial charge in [0.1, 0.15) is 5.69 Å². The van der Waals surface area contributed by atoms with E-state index in [2.05, 4.69) is 4.98 Å². The number of carbonyl (C=O) groups is 1. The summed E-state index contributed by atoms with van der Waals surface area (Å²) in [7, 11) is 1.35. The van der Waals surface area contributed by atoms with E-state index in [0.717, 1.165) is 11.3 Å². The fraction of sp³-hybridized carbons (Fsp3) is 0.133. The fourth-order valence-electron chi connectivity index (χ4n) is 2.18. The van der Waals surface area contributed by atoms with E-state index in [9.17, 15) is 9.90 Å². The molecule has 1 aromatic carbocycles. The zero-order valence-electron chi connectivity index (χ0n) is 11.6. The maximum absolute atomic E-state index is 12.6. The molecule has 1 atom stereocenters. The van der Waals surface area contributed by atoms with Crippen molar-refractivity contribution in [3.63, 3.8) is 0 Å². The first-order valence-corrected chi connectivity index (χ1v) is 7.25. The van der Waals surface area contributed by atoms with Gasteiger partial charge in [0.05, 0.1) is 11.1 Å². The van der Waals surface area contributed by atoms with E-state index in [-0.39, 0.29) is 10.8 Å². The number of para-hydroxylation sites is 1. The summed E-state index contributed by atoms with van der Waals surface area (Å²) in [5.74, 6) is -0.287. The summed E-state index contributed by atoms with van der Waals surface area (Å²) in [5.41, 5.74) is 1.37. The summed E-state index contributed by atoms with van der Waals surface area (Å²) in [6.07, 6.45) is 2.36. The van der Waals surface area contributed by atoms with Crippen molar-refractivity contribution in [3.8, 4) is 6.19 Å². The maximum atomic E-state index is 12.6. The predicted octanol–water partition coefficient (Wildman–Crippen LogP) is 2.30. The number of methoxy groups -OCH3 is 1. The molecule has 2 aromatic heterocycles. The normalized spacial score (nSPS) is 12.2. The number of aliphatic hydroxyl groups excluding tert-OH is 1. The van der Waals surface area contributed by atoms with E-state index in [4.69, 9.17) is 10.00 Å². The van der Waals surface area contributed by atoms with Crippen LogP contribution in [0.5, 0.6) is 0 Å². The number of nitrogens with zero attached hydrogens (tertiary/aromatic N) is 3. The number of thiazole rings is 1. The molecule has 3 rings (SSSR count). The lowest BCUT2D eigenvalue weighted by Crippen LogP contribution is -2.03. The number of benzene rings is 1. The van der Waals surface area contributed by atoms with Crippen molar-refractivity contribution in [1.29, 1.82) is 5.26 Å². The van der Waals surface area contributed by atoms with Gasteiger partial charge >= 0.3 is 0 Å². The van der Waals surface area contributed by atoms with E-state index >= 15 is 0 Å². The molecule has 0 spiro atoms. The van der Waals surface area contributed by atoms with Crippen LogP contribution < -0.4 is 0 Å². The van der Waals surface area contributed by atoms with Gasteiger partial charge in [-0.1, -0.05) is 18.2 Å². The Labute approximate surface area is 129 Å². The molecule has 0 aliphatic rings. The summed E-state index contributed by atoms with van der Waals surface area (Å²) in [4.78, 5) is 16.7. The van der Waals surface area contributed by atoms with Crippen LogP contribution in [0.25, 0.3) is 10.9 Å². The Morgan fingerprint density at radius 2 is 2.27 bits per heavy atom. The average Bonchev–Trinajstić information content (AvgIpc) is 3.18. The first-order valence-electron chi connectivity index (χ1n) is 6.37. The van der Waals surface area contributed by atoms with Crippen molar-refractivity contribution in [2.75, 3.05) is 7.11 Å². The molecule has 0 fully saturated rings. The van der Waals surface area contributed by atoms with Gasteiger partial charge in [-0.2, -0.15) is 5.26 Å². The second-order valence-corrected chi connectivity index (χ2v) is 5.38. The molecule has 1 unspecified atom stereocenters. The lowest BCUT2D eigenvalue weighted by atomic mass is 10.1. The lowest BCUT2D eigenvalue weighted by molar-refractivity contribution is -0.0795. The van der Waals surface area contributed by atoms with Crippen LogP contribution in [-0.2, 0) is 4.74 Å². The monoisotopic (exact) mass is 313 g/mol. The van der Waals surface area contributed by atoms with Crippen molar-refractivity contribution >= 4 is 28.0 Å².